The van der Waals surface area contributed by atoms with Crippen molar-refractivity contribution >= 4 is 5.91 Å². The molecule has 0 radical (unpaired) electrons. The number of hydrogen-bond donors (Lipinski definition) is 2. The average molecular weight is 329 g/mol. The fourth-order valence-electron chi connectivity index (χ4n) is 2.80. The number of aliphatic hydroxyl groups excluding tert-OH is 1. The van der Waals surface area contributed by atoms with Gasteiger partial charge in [-0.05, 0) is 24.3 Å². The Morgan fingerprint density at radius 2 is 2.00 bits per heavy atom. The highest BCUT2D eigenvalue weighted by Crippen LogP contribution is 2.12. The highest BCUT2D eigenvalue weighted by atomic mass is 16.3. The molecule has 2 N–H and O–H groups in total. The summed E-state index contributed by atoms with van der Waals surface area (Å²) in [5.41, 5.74) is 2.65. The van der Waals surface area contributed by atoms with Gasteiger partial charge < -0.3 is 10.4 Å². The largest absolute Gasteiger partial charge is 0.391 e. The Morgan fingerprint density at radius 1 is 1.29 bits per heavy atom. The molecule has 1 atom stereocenters. The first-order valence-electron chi connectivity index (χ1n) is 8.56. The average Bonchev–Trinajstić information content (AvgIpc) is 2.95. The van der Waals surface area contributed by atoms with Crippen LogP contribution in [0.1, 0.15) is 48.8 Å². The third-order valence-corrected chi connectivity index (χ3v) is 3.95. The number of carbonyl (C=O) groups is 1. The summed E-state index contributed by atoms with van der Waals surface area (Å²) in [4.78, 5) is 12.4. The fraction of sp³-hybridized carbons (Fsp3) is 0.474. The lowest BCUT2D eigenvalue weighted by atomic mass is 10.1. The second kappa shape index (κ2) is 8.64. The summed E-state index contributed by atoms with van der Waals surface area (Å²) in [7, 11) is 0. The maximum absolute atomic E-state index is 12.4. The second-order valence-corrected chi connectivity index (χ2v) is 6.50. The summed E-state index contributed by atoms with van der Waals surface area (Å²) in [5, 5.41) is 17.1. The van der Waals surface area contributed by atoms with Gasteiger partial charge in [0.05, 0.1) is 30.1 Å². The van der Waals surface area contributed by atoms with Crippen LogP contribution in [0.2, 0.25) is 0 Å². The van der Waals surface area contributed by atoms with Crippen LogP contribution in [-0.2, 0) is 13.0 Å². The van der Waals surface area contributed by atoms with Crippen LogP contribution in [0.15, 0.2) is 36.5 Å². The molecule has 0 spiro atoms. The van der Waals surface area contributed by atoms with Crippen LogP contribution < -0.4 is 5.32 Å². The van der Waals surface area contributed by atoms with Crippen LogP contribution >= 0.6 is 0 Å². The molecule has 1 heterocycles. The molecule has 2 aromatic rings. The van der Waals surface area contributed by atoms with E-state index in [4.69, 9.17) is 0 Å². The van der Waals surface area contributed by atoms with Crippen molar-refractivity contribution in [1.29, 1.82) is 0 Å². The predicted molar refractivity (Wildman–Crippen MR) is 94.9 cm³/mol. The second-order valence-electron chi connectivity index (χ2n) is 6.50. The molecule has 0 aliphatic carbocycles. The molecule has 5 heteroatoms. The van der Waals surface area contributed by atoms with Crippen LogP contribution in [0.3, 0.4) is 0 Å². The van der Waals surface area contributed by atoms with E-state index in [1.807, 2.05) is 55.8 Å². The number of rotatable bonds is 8. The van der Waals surface area contributed by atoms with E-state index >= 15 is 0 Å². The molecule has 1 aromatic heterocycles. The maximum Gasteiger partial charge on any atom is 0.254 e. The van der Waals surface area contributed by atoms with Gasteiger partial charge >= 0.3 is 0 Å². The van der Waals surface area contributed by atoms with Crippen LogP contribution in [0.4, 0.5) is 0 Å². The van der Waals surface area contributed by atoms with Gasteiger partial charge in [-0.25, -0.2) is 0 Å². The summed E-state index contributed by atoms with van der Waals surface area (Å²) in [5.74, 6) is 0.227. The summed E-state index contributed by atoms with van der Waals surface area (Å²) in [6.07, 6.45) is 2.50. The maximum atomic E-state index is 12.4. The molecule has 24 heavy (non-hydrogen) atoms. The molecule has 0 saturated carbocycles. The van der Waals surface area contributed by atoms with Gasteiger partial charge in [-0.1, -0.05) is 51.1 Å². The first-order chi connectivity index (χ1) is 11.5. The fourth-order valence-corrected chi connectivity index (χ4v) is 2.80. The quantitative estimate of drug-likeness (QED) is 0.782. The minimum Gasteiger partial charge on any atom is -0.391 e. The SMILES string of the molecule is CCc1c(C(=O)NCC(O)CC(C)C)cnn1Cc1ccccc1. The van der Waals surface area contributed by atoms with Crippen molar-refractivity contribution in [2.45, 2.75) is 46.3 Å². The zero-order chi connectivity index (χ0) is 17.5. The van der Waals surface area contributed by atoms with E-state index in [9.17, 15) is 9.90 Å². The molecule has 0 saturated heterocycles. The topological polar surface area (TPSA) is 67.2 Å². The Labute approximate surface area is 143 Å². The number of nitrogens with zero attached hydrogens (tertiary/aromatic N) is 2. The van der Waals surface area contributed by atoms with Gasteiger partial charge in [-0.2, -0.15) is 5.10 Å². The Kier molecular flexibility index (Phi) is 6.55. The number of hydrogen-bond acceptors (Lipinski definition) is 3. The molecule has 1 aromatic carbocycles. The summed E-state index contributed by atoms with van der Waals surface area (Å²) in [6.45, 7) is 7.03. The Hall–Kier alpha value is -2.14. The minimum atomic E-state index is -0.515. The van der Waals surface area contributed by atoms with E-state index in [2.05, 4.69) is 10.4 Å². The minimum absolute atomic E-state index is 0.172. The van der Waals surface area contributed by atoms with Crippen molar-refractivity contribution in [3.63, 3.8) is 0 Å². The van der Waals surface area contributed by atoms with Gasteiger partial charge in [0.25, 0.3) is 5.91 Å². The Bertz CT molecular complexity index is 650. The zero-order valence-corrected chi connectivity index (χ0v) is 14.7. The van der Waals surface area contributed by atoms with E-state index in [-0.39, 0.29) is 12.5 Å². The molecule has 0 aliphatic rings. The predicted octanol–water partition coefficient (Wildman–Crippen LogP) is 2.63. The summed E-state index contributed by atoms with van der Waals surface area (Å²) >= 11 is 0. The molecule has 0 aliphatic heterocycles. The van der Waals surface area contributed by atoms with Crippen molar-refractivity contribution in [3.8, 4) is 0 Å². The zero-order valence-electron chi connectivity index (χ0n) is 14.7. The van der Waals surface area contributed by atoms with E-state index in [0.29, 0.717) is 24.4 Å². The van der Waals surface area contributed by atoms with Gasteiger partial charge in [0, 0.05) is 6.54 Å². The van der Waals surface area contributed by atoms with E-state index < -0.39 is 6.10 Å². The molecule has 1 unspecified atom stereocenters. The molecule has 0 bridgehead atoms. The number of nitrogens with one attached hydrogen (secondary N) is 1. The van der Waals surface area contributed by atoms with Gasteiger partial charge in [0.1, 0.15) is 0 Å². The van der Waals surface area contributed by atoms with Gasteiger partial charge in [0.15, 0.2) is 0 Å². The van der Waals surface area contributed by atoms with Crippen LogP contribution in [0, 0.1) is 5.92 Å². The van der Waals surface area contributed by atoms with Gasteiger partial charge in [0.2, 0.25) is 0 Å². The first-order valence-corrected chi connectivity index (χ1v) is 8.56. The lowest BCUT2D eigenvalue weighted by Crippen LogP contribution is -2.33. The summed E-state index contributed by atoms with van der Waals surface area (Å²) in [6, 6.07) is 10.1. The van der Waals surface area contributed by atoms with Crippen molar-refractivity contribution in [2.75, 3.05) is 6.54 Å². The van der Waals surface area contributed by atoms with E-state index in [0.717, 1.165) is 17.7 Å². The molecule has 2 rings (SSSR count). The summed E-state index contributed by atoms with van der Waals surface area (Å²) < 4.78 is 1.87. The van der Waals surface area contributed by atoms with Crippen molar-refractivity contribution in [3.05, 3.63) is 53.3 Å². The van der Waals surface area contributed by atoms with Gasteiger partial charge in [-0.3, -0.25) is 9.48 Å². The normalized spacial score (nSPS) is 12.4. The monoisotopic (exact) mass is 329 g/mol. The highest BCUT2D eigenvalue weighted by Gasteiger charge is 2.17. The molecular formula is C19H27N3O2. The number of carbonyl (C=O) groups excluding carboxylic acids is 1. The van der Waals surface area contributed by atoms with E-state index in [1.165, 1.54) is 0 Å². The smallest absolute Gasteiger partial charge is 0.254 e. The molecule has 1 amide bonds. The third kappa shape index (κ3) is 4.93. The van der Waals surface area contributed by atoms with Crippen LogP contribution in [0.5, 0.6) is 0 Å². The molecule has 5 nitrogen and oxygen atoms in total. The Balaban J connectivity index is 2.04. The van der Waals surface area contributed by atoms with Crippen LogP contribution in [0.25, 0.3) is 0 Å². The lowest BCUT2D eigenvalue weighted by Gasteiger charge is -2.14. The highest BCUT2D eigenvalue weighted by molar-refractivity contribution is 5.95. The van der Waals surface area contributed by atoms with E-state index in [1.54, 1.807) is 6.20 Å². The third-order valence-electron chi connectivity index (χ3n) is 3.95. The number of benzene rings is 1. The standard InChI is InChI=1S/C19H27N3O2/c1-4-18-17(19(24)20-11-16(23)10-14(2)3)12-21-22(18)13-15-8-6-5-7-9-15/h5-9,12,14,16,23H,4,10-11,13H2,1-3H3,(H,20,24). The first kappa shape index (κ1) is 18.2. The molecular weight excluding hydrogens is 302 g/mol. The van der Waals surface area contributed by atoms with Crippen LogP contribution in [-0.4, -0.2) is 33.4 Å². The van der Waals surface area contributed by atoms with Gasteiger partial charge in [-0.15, -0.1) is 0 Å². The molecule has 0 fully saturated rings. The number of aromatic nitrogens is 2. The van der Waals surface area contributed by atoms with Crippen molar-refractivity contribution < 1.29 is 9.90 Å². The van der Waals surface area contributed by atoms with Crippen molar-refractivity contribution in [2.24, 2.45) is 5.92 Å². The number of amides is 1. The van der Waals surface area contributed by atoms with Crippen molar-refractivity contribution in [1.82, 2.24) is 15.1 Å². The number of aliphatic hydroxyl groups is 1. The Morgan fingerprint density at radius 3 is 2.62 bits per heavy atom. The molecule has 130 valence electrons. The lowest BCUT2D eigenvalue weighted by molar-refractivity contribution is 0.0899.